The molecule has 0 saturated carbocycles. The Bertz CT molecular complexity index is 693. The van der Waals surface area contributed by atoms with E-state index < -0.39 is 32.5 Å². The number of carbonyl (C=O) groups is 6. The van der Waals surface area contributed by atoms with Crippen LogP contribution in [0.4, 0.5) is 0 Å². The maximum Gasteiger partial charge on any atom is 3.00 e. The minimum Gasteiger partial charge on any atom is -0.331 e. The Balaban J connectivity index is -0.000000240. The summed E-state index contributed by atoms with van der Waals surface area (Å²) in [4.78, 5) is 68.7. The van der Waals surface area contributed by atoms with Gasteiger partial charge in [0.05, 0.1) is 19.3 Å². The SMILES string of the molecule is [CH2-]C(C)(C)C(=O)CC(=O)C(C)(C)C.[CH2-]C(C)(C)C(=O)CC(=O)C(C)(C)C.[CH2-]C(C)(C)C(=O)CC(=O)C(C)(C)C.[Er+3]. The molecule has 0 spiro atoms. The van der Waals surface area contributed by atoms with E-state index in [2.05, 4.69) is 20.8 Å². The van der Waals surface area contributed by atoms with Gasteiger partial charge in [-0.3, -0.25) is 14.4 Å². The summed E-state index contributed by atoms with van der Waals surface area (Å²) < 4.78 is 0. The molecule has 0 N–H and O–H groups in total. The standard InChI is InChI=1S/3C11H19O2.Er/c3*1-10(2,3)8(12)7-9(13)11(4,5)6;/h3*1,7H2,2-6H3;/q3*-1;+3. The van der Waals surface area contributed by atoms with Crippen molar-refractivity contribution in [1.29, 1.82) is 0 Å². The predicted octanol–water partition coefficient (Wildman–Crippen LogP) is 7.26. The molecule has 0 aliphatic carbocycles. The molecule has 40 heavy (non-hydrogen) atoms. The van der Waals surface area contributed by atoms with E-state index in [9.17, 15) is 28.8 Å². The van der Waals surface area contributed by atoms with E-state index >= 15 is 0 Å². The number of rotatable bonds is 9. The van der Waals surface area contributed by atoms with E-state index in [1.165, 1.54) is 0 Å². The normalized spacial score (nSPS) is 12.4. The molecule has 7 heteroatoms. The average Bonchev–Trinajstić information content (AvgIpc) is 2.64. The van der Waals surface area contributed by atoms with Crippen LogP contribution in [-0.2, 0) is 28.8 Å². The fourth-order valence-electron chi connectivity index (χ4n) is 1.95. The van der Waals surface area contributed by atoms with Gasteiger partial charge in [-0.15, -0.1) is 16.2 Å². The number of ketones is 6. The van der Waals surface area contributed by atoms with Crippen LogP contribution >= 0.6 is 0 Å². The first-order valence-corrected chi connectivity index (χ1v) is 13.4. The molecule has 0 amide bonds. The zero-order valence-corrected chi connectivity index (χ0v) is 29.8. The Kier molecular flexibility index (Phi) is 19.4. The first-order chi connectivity index (χ1) is 16.6. The smallest absolute Gasteiger partial charge is 0.331 e. The van der Waals surface area contributed by atoms with Gasteiger partial charge in [0.1, 0.15) is 34.7 Å². The summed E-state index contributed by atoms with van der Waals surface area (Å²) in [5.74, 6) is -0.329. The second-order valence-corrected chi connectivity index (χ2v) is 15.5. The summed E-state index contributed by atoms with van der Waals surface area (Å²) >= 11 is 0. The van der Waals surface area contributed by atoms with Crippen LogP contribution in [0.15, 0.2) is 0 Å². The van der Waals surface area contributed by atoms with Crippen LogP contribution in [-0.4, -0.2) is 34.7 Å². The van der Waals surface area contributed by atoms with E-state index in [0.29, 0.717) is 0 Å². The second kappa shape index (κ2) is 16.8. The van der Waals surface area contributed by atoms with Crippen molar-refractivity contribution in [1.82, 2.24) is 0 Å². The van der Waals surface area contributed by atoms with Crippen LogP contribution in [0.1, 0.15) is 123 Å². The van der Waals surface area contributed by atoms with Crippen LogP contribution in [0.25, 0.3) is 0 Å². The van der Waals surface area contributed by atoms with Crippen molar-refractivity contribution in [3.8, 4) is 0 Å². The monoisotopic (exact) mass is 715 g/mol. The van der Waals surface area contributed by atoms with Gasteiger partial charge >= 0.3 is 37.3 Å². The second-order valence-electron chi connectivity index (χ2n) is 15.5. The summed E-state index contributed by atoms with van der Waals surface area (Å²) in [7, 11) is 0. The molecule has 0 atom stereocenters. The zero-order valence-electron chi connectivity index (χ0n) is 28.0. The molecule has 6 nitrogen and oxygen atoms in total. The van der Waals surface area contributed by atoms with Crippen LogP contribution in [0.3, 0.4) is 0 Å². The summed E-state index contributed by atoms with van der Waals surface area (Å²) in [5, 5.41) is 0. The number of carbonyl (C=O) groups excluding carboxylic acids is 6. The zero-order chi connectivity index (χ0) is 32.6. The van der Waals surface area contributed by atoms with Gasteiger partial charge in [-0.25, -0.2) is 0 Å². The minimum atomic E-state index is -0.652. The third kappa shape index (κ3) is 21.9. The predicted molar refractivity (Wildman–Crippen MR) is 160 cm³/mol. The van der Waals surface area contributed by atoms with Gasteiger partial charge < -0.3 is 35.2 Å². The summed E-state index contributed by atoms with van der Waals surface area (Å²) in [5.41, 5.74) is -3.24. The number of hydrogen-bond acceptors (Lipinski definition) is 6. The molecule has 0 saturated heterocycles. The van der Waals surface area contributed by atoms with E-state index in [-0.39, 0.29) is 91.3 Å². The van der Waals surface area contributed by atoms with E-state index in [0.717, 1.165) is 0 Å². The van der Waals surface area contributed by atoms with Crippen molar-refractivity contribution in [2.24, 2.45) is 32.5 Å². The van der Waals surface area contributed by atoms with Gasteiger partial charge in [0.25, 0.3) is 0 Å². The molecule has 0 bridgehead atoms. The minimum absolute atomic E-state index is 0. The molecule has 1 radical (unpaired) electrons. The van der Waals surface area contributed by atoms with Crippen LogP contribution in [0.2, 0.25) is 0 Å². The van der Waals surface area contributed by atoms with E-state index in [1.807, 2.05) is 62.3 Å². The van der Waals surface area contributed by atoms with E-state index in [4.69, 9.17) is 0 Å². The molecule has 0 rings (SSSR count). The van der Waals surface area contributed by atoms with E-state index in [1.54, 1.807) is 41.5 Å². The van der Waals surface area contributed by atoms with Gasteiger partial charge in [0.15, 0.2) is 0 Å². The molecule has 0 aliphatic rings. The molecule has 0 aromatic rings. The van der Waals surface area contributed by atoms with Crippen LogP contribution < -0.4 is 0 Å². The Morgan fingerprint density at radius 1 is 0.350 bits per heavy atom. The molecule has 0 aromatic carbocycles. The van der Waals surface area contributed by atoms with Gasteiger partial charge in [-0.2, -0.15) is 0 Å². The van der Waals surface area contributed by atoms with Gasteiger partial charge in [-0.1, -0.05) is 104 Å². The fraction of sp³-hybridized carbons (Fsp3) is 0.727. The third-order valence-electron chi connectivity index (χ3n) is 5.74. The van der Waals surface area contributed by atoms with Crippen molar-refractivity contribution in [3.63, 3.8) is 0 Å². The topological polar surface area (TPSA) is 102 Å². The van der Waals surface area contributed by atoms with Crippen LogP contribution in [0.5, 0.6) is 0 Å². The Morgan fingerprint density at radius 3 is 0.550 bits per heavy atom. The quantitative estimate of drug-likeness (QED) is 0.184. The van der Waals surface area contributed by atoms with Gasteiger partial charge in [-0.05, 0) is 0 Å². The molecule has 237 valence electrons. The Morgan fingerprint density at radius 2 is 0.475 bits per heavy atom. The van der Waals surface area contributed by atoms with Crippen LogP contribution in [0, 0.1) is 90.6 Å². The van der Waals surface area contributed by atoms with Crippen molar-refractivity contribution in [3.05, 3.63) is 20.8 Å². The maximum absolute atomic E-state index is 11.5. The summed E-state index contributed by atoms with van der Waals surface area (Å²) in [6, 6.07) is 0. The number of hydrogen-bond donors (Lipinski definition) is 0. The first kappa shape index (κ1) is 46.2. The molecule has 0 unspecified atom stereocenters. The fourth-order valence-corrected chi connectivity index (χ4v) is 1.95. The van der Waals surface area contributed by atoms with Crippen molar-refractivity contribution < 1.29 is 66.1 Å². The average molecular weight is 717 g/mol. The Labute approximate surface area is 275 Å². The van der Waals surface area contributed by atoms with Crippen molar-refractivity contribution in [2.75, 3.05) is 0 Å². The summed E-state index contributed by atoms with van der Waals surface area (Å²) in [6.45, 7) is 37.8. The molecule has 0 aliphatic heterocycles. The molecule has 0 aromatic heterocycles. The third-order valence-corrected chi connectivity index (χ3v) is 5.74. The Hall–Kier alpha value is -0.733. The summed E-state index contributed by atoms with van der Waals surface area (Å²) in [6.07, 6.45) is -0.000000000000000666. The molecule has 0 fully saturated rings. The first-order valence-electron chi connectivity index (χ1n) is 13.4. The largest absolute Gasteiger partial charge is 3.00 e. The molecular weight excluding hydrogens is 660 g/mol. The van der Waals surface area contributed by atoms with Crippen molar-refractivity contribution >= 4 is 34.7 Å². The van der Waals surface area contributed by atoms with Gasteiger partial charge in [0.2, 0.25) is 0 Å². The maximum atomic E-state index is 11.5. The number of Topliss-reactive ketones (excluding diaryl/α,β-unsaturated/α-hetero) is 6. The van der Waals surface area contributed by atoms with Crippen molar-refractivity contribution in [2.45, 2.75) is 123 Å². The van der Waals surface area contributed by atoms with Gasteiger partial charge in [0, 0.05) is 16.2 Å². The molecular formula is C33H57ErO6. The molecule has 0 heterocycles.